The number of hydrogen-bond acceptors (Lipinski definition) is 1. The van der Waals surface area contributed by atoms with Gasteiger partial charge in [-0.25, -0.2) is 0 Å². The summed E-state index contributed by atoms with van der Waals surface area (Å²) < 4.78 is 0. The van der Waals surface area contributed by atoms with Gasteiger partial charge in [-0.2, -0.15) is 0 Å². The fraction of sp³-hybridized carbons (Fsp3) is 0.143. The highest BCUT2D eigenvalue weighted by Gasteiger charge is 2.13. The van der Waals surface area contributed by atoms with Crippen molar-refractivity contribution in [3.05, 3.63) is 90.5 Å². The summed E-state index contributed by atoms with van der Waals surface area (Å²) >= 11 is 1.96. The molecule has 0 aromatic heterocycles. The highest BCUT2D eigenvalue weighted by atomic mass is 32.2. The number of rotatable bonds is 6. The van der Waals surface area contributed by atoms with E-state index in [0.29, 0.717) is 0 Å². The molecule has 2 heteroatoms. The van der Waals surface area contributed by atoms with Crippen LogP contribution < -0.4 is 10.6 Å². The van der Waals surface area contributed by atoms with Crippen molar-refractivity contribution in [1.29, 1.82) is 0 Å². The lowest BCUT2D eigenvalue weighted by Gasteiger charge is -2.18. The molecule has 0 saturated carbocycles. The Hall–Kier alpha value is -1.56. The summed E-state index contributed by atoms with van der Waals surface area (Å²) in [5.74, 6) is 1.15. The number of benzene rings is 3. The van der Waals surface area contributed by atoms with Crippen LogP contribution in [0.5, 0.6) is 0 Å². The van der Waals surface area contributed by atoms with Gasteiger partial charge in [0.1, 0.15) is 0 Å². The zero-order valence-electron chi connectivity index (χ0n) is 13.4. The van der Waals surface area contributed by atoms with Crippen LogP contribution >= 0.6 is 19.7 Å². The van der Waals surface area contributed by atoms with Crippen molar-refractivity contribution in [2.45, 2.75) is 11.8 Å². The lowest BCUT2D eigenvalue weighted by Crippen LogP contribution is -2.14. The van der Waals surface area contributed by atoms with Crippen molar-refractivity contribution in [3.63, 3.8) is 0 Å². The summed E-state index contributed by atoms with van der Waals surface area (Å²) in [6.07, 6.45) is 1.21. The van der Waals surface area contributed by atoms with E-state index in [-0.39, 0.29) is 7.92 Å². The summed E-state index contributed by atoms with van der Waals surface area (Å²) in [6.45, 7) is 2.14. The molecule has 0 radical (unpaired) electrons. The molecule has 0 bridgehead atoms. The molecule has 0 aliphatic rings. The molecule has 0 atom stereocenters. The third kappa shape index (κ3) is 4.70. The van der Waals surface area contributed by atoms with E-state index in [0.717, 1.165) is 5.75 Å². The SMILES string of the molecule is Cc1ccc(SCCP(c2ccccc2)c2ccccc2)cc1. The minimum Gasteiger partial charge on any atom is -0.126 e. The summed E-state index contributed by atoms with van der Waals surface area (Å²) in [4.78, 5) is 1.37. The Labute approximate surface area is 144 Å². The van der Waals surface area contributed by atoms with Gasteiger partial charge in [-0.1, -0.05) is 78.4 Å². The maximum atomic E-state index is 2.27. The highest BCUT2D eigenvalue weighted by molar-refractivity contribution is 7.99. The van der Waals surface area contributed by atoms with Gasteiger partial charge in [0.15, 0.2) is 0 Å². The van der Waals surface area contributed by atoms with Crippen molar-refractivity contribution in [3.8, 4) is 0 Å². The maximum Gasteiger partial charge on any atom is 0.00722 e. The second kappa shape index (κ2) is 8.34. The van der Waals surface area contributed by atoms with Crippen LogP contribution in [0.1, 0.15) is 5.56 Å². The number of aryl methyl sites for hydroxylation is 1. The Morgan fingerprint density at radius 3 is 1.74 bits per heavy atom. The minimum atomic E-state index is -0.274. The number of thioether (sulfide) groups is 1. The molecule has 3 aromatic rings. The molecule has 0 amide bonds. The molecule has 0 aliphatic heterocycles. The average molecular weight is 336 g/mol. The molecular formula is C21H21PS. The van der Waals surface area contributed by atoms with Gasteiger partial charge in [0.25, 0.3) is 0 Å². The van der Waals surface area contributed by atoms with Crippen molar-refractivity contribution in [2.24, 2.45) is 0 Å². The highest BCUT2D eigenvalue weighted by Crippen LogP contribution is 2.35. The van der Waals surface area contributed by atoms with E-state index >= 15 is 0 Å². The van der Waals surface area contributed by atoms with Crippen LogP contribution in [0.3, 0.4) is 0 Å². The van der Waals surface area contributed by atoms with E-state index in [1.165, 1.54) is 27.2 Å². The predicted octanol–water partition coefficient (Wildman–Crippen LogP) is 5.22. The van der Waals surface area contributed by atoms with Gasteiger partial charge < -0.3 is 0 Å². The first-order valence-corrected chi connectivity index (χ1v) is 10.4. The van der Waals surface area contributed by atoms with Crippen LogP contribution in [0.15, 0.2) is 89.8 Å². The van der Waals surface area contributed by atoms with E-state index in [4.69, 9.17) is 0 Å². The molecule has 3 aromatic carbocycles. The van der Waals surface area contributed by atoms with Crippen molar-refractivity contribution in [1.82, 2.24) is 0 Å². The molecule has 0 fully saturated rings. The molecular weight excluding hydrogens is 315 g/mol. The Morgan fingerprint density at radius 2 is 1.22 bits per heavy atom. The molecule has 116 valence electrons. The molecule has 3 rings (SSSR count). The predicted molar refractivity (Wildman–Crippen MR) is 106 cm³/mol. The Balaban J connectivity index is 1.71. The number of hydrogen-bond donors (Lipinski definition) is 0. The van der Waals surface area contributed by atoms with Gasteiger partial charge in [0.2, 0.25) is 0 Å². The Morgan fingerprint density at radius 1 is 0.696 bits per heavy atom. The average Bonchev–Trinajstić information content (AvgIpc) is 2.62. The molecule has 0 spiro atoms. The van der Waals surface area contributed by atoms with Crippen LogP contribution in [0.4, 0.5) is 0 Å². The van der Waals surface area contributed by atoms with Gasteiger partial charge in [0, 0.05) is 10.6 Å². The van der Waals surface area contributed by atoms with Crippen molar-refractivity contribution in [2.75, 3.05) is 11.9 Å². The normalized spacial score (nSPS) is 10.9. The summed E-state index contributed by atoms with van der Waals surface area (Å²) in [6, 6.07) is 30.8. The fourth-order valence-corrected chi connectivity index (χ4v) is 6.05. The molecule has 23 heavy (non-hydrogen) atoms. The Kier molecular flexibility index (Phi) is 5.91. The van der Waals surface area contributed by atoms with E-state index in [1.54, 1.807) is 0 Å². The monoisotopic (exact) mass is 336 g/mol. The molecule has 0 saturated heterocycles. The van der Waals surface area contributed by atoms with E-state index in [2.05, 4.69) is 91.9 Å². The second-order valence-corrected chi connectivity index (χ2v) is 8.99. The van der Waals surface area contributed by atoms with Gasteiger partial charge >= 0.3 is 0 Å². The van der Waals surface area contributed by atoms with Gasteiger partial charge in [-0.05, 0) is 43.7 Å². The second-order valence-electron chi connectivity index (χ2n) is 5.48. The van der Waals surface area contributed by atoms with Crippen molar-refractivity contribution >= 4 is 30.3 Å². The molecule has 0 aliphatic carbocycles. The summed E-state index contributed by atoms with van der Waals surface area (Å²) in [5, 5.41) is 2.94. The smallest absolute Gasteiger partial charge is 0.00722 e. The zero-order chi connectivity index (χ0) is 15.9. The van der Waals surface area contributed by atoms with Crippen LogP contribution in [-0.4, -0.2) is 11.9 Å². The first-order chi connectivity index (χ1) is 11.3. The zero-order valence-corrected chi connectivity index (χ0v) is 15.1. The molecule has 0 nitrogen and oxygen atoms in total. The third-order valence-electron chi connectivity index (χ3n) is 3.74. The summed E-state index contributed by atoms with van der Waals surface area (Å²) in [5.41, 5.74) is 1.32. The standard InChI is InChI=1S/C21H21PS/c1-18-12-14-21(15-13-18)23-17-16-22(19-8-4-2-5-9-19)20-10-6-3-7-11-20/h2-15H,16-17H2,1H3. The van der Waals surface area contributed by atoms with E-state index in [1.807, 2.05) is 11.8 Å². The lowest BCUT2D eigenvalue weighted by molar-refractivity contribution is 1.37. The topological polar surface area (TPSA) is 0 Å². The molecule has 0 heterocycles. The first kappa shape index (κ1) is 16.3. The van der Waals surface area contributed by atoms with Gasteiger partial charge in [-0.3, -0.25) is 0 Å². The fourth-order valence-electron chi connectivity index (χ4n) is 2.51. The summed E-state index contributed by atoms with van der Waals surface area (Å²) in [7, 11) is -0.274. The quantitative estimate of drug-likeness (QED) is 0.439. The molecule has 0 N–H and O–H groups in total. The Bertz CT molecular complexity index is 668. The van der Waals surface area contributed by atoms with Crippen LogP contribution in [-0.2, 0) is 0 Å². The lowest BCUT2D eigenvalue weighted by atomic mass is 10.2. The van der Waals surface area contributed by atoms with Crippen molar-refractivity contribution < 1.29 is 0 Å². The third-order valence-corrected chi connectivity index (χ3v) is 7.57. The molecule has 0 unspecified atom stereocenters. The van der Waals surface area contributed by atoms with Crippen LogP contribution in [0, 0.1) is 6.92 Å². The van der Waals surface area contributed by atoms with Gasteiger partial charge in [-0.15, -0.1) is 11.8 Å². The van der Waals surface area contributed by atoms with E-state index in [9.17, 15) is 0 Å². The maximum absolute atomic E-state index is 2.27. The van der Waals surface area contributed by atoms with Crippen LogP contribution in [0.2, 0.25) is 0 Å². The van der Waals surface area contributed by atoms with Crippen LogP contribution in [0.25, 0.3) is 0 Å². The minimum absolute atomic E-state index is 0.274. The van der Waals surface area contributed by atoms with E-state index < -0.39 is 0 Å². The largest absolute Gasteiger partial charge is 0.126 e. The first-order valence-electron chi connectivity index (χ1n) is 7.90. The van der Waals surface area contributed by atoms with Gasteiger partial charge in [0.05, 0.1) is 0 Å².